The second-order valence-corrected chi connectivity index (χ2v) is 6.73. The summed E-state index contributed by atoms with van der Waals surface area (Å²) in [6.07, 6.45) is 0.0296. The van der Waals surface area contributed by atoms with E-state index in [1.54, 1.807) is 19.2 Å². The largest absolute Gasteiger partial charge is 0.469 e. The Kier molecular flexibility index (Phi) is 5.99. The molecule has 1 amide bonds. The Morgan fingerprint density at radius 1 is 1.25 bits per heavy atom. The lowest BCUT2D eigenvalue weighted by molar-refractivity contribution is -0.139. The number of hydrogen-bond donors (Lipinski definition) is 1. The third-order valence-electron chi connectivity index (χ3n) is 2.77. The average molecular weight is 369 g/mol. The maximum absolute atomic E-state index is 11.9. The lowest BCUT2D eigenvalue weighted by Gasteiger charge is -2.03. The van der Waals surface area contributed by atoms with Crippen LogP contribution in [0.2, 0.25) is 0 Å². The molecule has 2 aromatic heterocycles. The van der Waals surface area contributed by atoms with Gasteiger partial charge in [-0.1, -0.05) is 0 Å². The second-order valence-electron chi connectivity index (χ2n) is 4.67. The molecule has 0 saturated heterocycles. The summed E-state index contributed by atoms with van der Waals surface area (Å²) < 4.78 is 9.51. The van der Waals surface area contributed by atoms with E-state index in [0.717, 1.165) is 5.01 Å². The standard InChI is InChI=1S/C14H15N3O5S2/c1-7-12(24-8(2)15-7)13(20)22-5-10(18)17-14-16-9(6-23-14)4-11(19)21-3/h6H,4-5H2,1-3H3,(H,16,17,18). The number of carbonyl (C=O) groups is 3. The molecule has 0 aliphatic carbocycles. The quantitative estimate of drug-likeness (QED) is 0.773. The van der Waals surface area contributed by atoms with Crippen molar-refractivity contribution >= 4 is 45.7 Å². The fraction of sp³-hybridized carbons (Fsp3) is 0.357. The van der Waals surface area contributed by atoms with Gasteiger partial charge in [0.15, 0.2) is 11.7 Å². The van der Waals surface area contributed by atoms with Gasteiger partial charge < -0.3 is 9.47 Å². The van der Waals surface area contributed by atoms with Crippen molar-refractivity contribution in [2.24, 2.45) is 0 Å². The van der Waals surface area contributed by atoms with Gasteiger partial charge in [0.2, 0.25) is 0 Å². The van der Waals surface area contributed by atoms with Gasteiger partial charge in [0, 0.05) is 5.38 Å². The molecule has 1 N–H and O–H groups in total. The van der Waals surface area contributed by atoms with Crippen LogP contribution in [-0.2, 0) is 25.5 Å². The van der Waals surface area contributed by atoms with Crippen molar-refractivity contribution in [2.45, 2.75) is 20.3 Å². The minimum Gasteiger partial charge on any atom is -0.469 e. The van der Waals surface area contributed by atoms with Crippen molar-refractivity contribution < 1.29 is 23.9 Å². The summed E-state index contributed by atoms with van der Waals surface area (Å²) in [5.74, 6) is -1.51. The third kappa shape index (κ3) is 4.83. The topological polar surface area (TPSA) is 107 Å². The molecule has 0 radical (unpaired) electrons. The van der Waals surface area contributed by atoms with Gasteiger partial charge in [0.1, 0.15) is 4.88 Å². The normalized spacial score (nSPS) is 10.3. The van der Waals surface area contributed by atoms with E-state index in [1.807, 2.05) is 0 Å². The van der Waals surface area contributed by atoms with Gasteiger partial charge in [-0.2, -0.15) is 0 Å². The van der Waals surface area contributed by atoms with E-state index in [4.69, 9.17) is 4.74 Å². The molecule has 0 saturated carbocycles. The molecule has 0 aliphatic heterocycles. The Morgan fingerprint density at radius 3 is 2.62 bits per heavy atom. The molecular formula is C14H15N3O5S2. The van der Waals surface area contributed by atoms with Gasteiger partial charge in [0.05, 0.1) is 29.9 Å². The summed E-state index contributed by atoms with van der Waals surface area (Å²) in [6.45, 7) is 3.06. The maximum atomic E-state index is 11.9. The number of amides is 1. The van der Waals surface area contributed by atoms with Gasteiger partial charge in [-0.3, -0.25) is 14.9 Å². The number of esters is 2. The molecule has 128 valence electrons. The minimum absolute atomic E-state index is 0.0296. The highest BCUT2D eigenvalue weighted by Crippen LogP contribution is 2.18. The second kappa shape index (κ2) is 7.97. The van der Waals surface area contributed by atoms with Crippen LogP contribution < -0.4 is 5.32 Å². The molecule has 8 nitrogen and oxygen atoms in total. The number of ether oxygens (including phenoxy) is 2. The molecular weight excluding hydrogens is 354 g/mol. The molecule has 0 unspecified atom stereocenters. The van der Waals surface area contributed by atoms with E-state index < -0.39 is 24.5 Å². The predicted octanol–water partition coefficient (Wildman–Crippen LogP) is 1.73. The number of rotatable bonds is 6. The molecule has 0 aromatic carbocycles. The SMILES string of the molecule is COC(=O)Cc1csc(NC(=O)COC(=O)c2sc(C)nc2C)n1. The molecule has 0 aliphatic rings. The molecule has 2 rings (SSSR count). The number of hydrogen-bond acceptors (Lipinski definition) is 9. The highest BCUT2D eigenvalue weighted by molar-refractivity contribution is 7.14. The number of carbonyl (C=O) groups excluding carboxylic acids is 3. The zero-order valence-corrected chi connectivity index (χ0v) is 14.9. The van der Waals surface area contributed by atoms with Crippen LogP contribution in [-0.4, -0.2) is 41.5 Å². The number of nitrogens with one attached hydrogen (secondary N) is 1. The summed E-state index contributed by atoms with van der Waals surface area (Å²) >= 11 is 2.39. The first kappa shape index (κ1) is 18.0. The van der Waals surface area contributed by atoms with E-state index in [9.17, 15) is 14.4 Å². The lowest BCUT2D eigenvalue weighted by atomic mass is 10.3. The smallest absolute Gasteiger partial charge is 0.350 e. The van der Waals surface area contributed by atoms with Gasteiger partial charge >= 0.3 is 11.9 Å². The van der Waals surface area contributed by atoms with Crippen molar-refractivity contribution in [3.63, 3.8) is 0 Å². The maximum Gasteiger partial charge on any atom is 0.350 e. The van der Waals surface area contributed by atoms with Crippen molar-refractivity contribution in [3.8, 4) is 0 Å². The van der Waals surface area contributed by atoms with E-state index >= 15 is 0 Å². The number of aromatic nitrogens is 2. The molecule has 0 bridgehead atoms. The zero-order valence-electron chi connectivity index (χ0n) is 13.2. The first-order chi connectivity index (χ1) is 11.4. The van der Waals surface area contributed by atoms with Crippen LogP contribution in [0, 0.1) is 13.8 Å². The molecule has 2 aromatic rings. The van der Waals surface area contributed by atoms with Gasteiger partial charge in [-0.15, -0.1) is 22.7 Å². The monoisotopic (exact) mass is 369 g/mol. The number of methoxy groups -OCH3 is 1. The summed E-state index contributed by atoms with van der Waals surface area (Å²) in [5, 5.41) is 5.22. The predicted molar refractivity (Wildman–Crippen MR) is 88.3 cm³/mol. The summed E-state index contributed by atoms with van der Waals surface area (Å²) in [7, 11) is 1.29. The first-order valence-electron chi connectivity index (χ1n) is 6.81. The van der Waals surface area contributed by atoms with Crippen molar-refractivity contribution in [3.05, 3.63) is 26.7 Å². The molecule has 0 fully saturated rings. The molecule has 0 spiro atoms. The van der Waals surface area contributed by atoms with Gasteiger partial charge in [-0.05, 0) is 13.8 Å². The van der Waals surface area contributed by atoms with E-state index in [-0.39, 0.29) is 6.42 Å². The Bertz CT molecular complexity index is 768. The fourth-order valence-electron chi connectivity index (χ4n) is 1.74. The van der Waals surface area contributed by atoms with E-state index in [0.29, 0.717) is 21.4 Å². The van der Waals surface area contributed by atoms with Crippen LogP contribution >= 0.6 is 22.7 Å². The fourth-order valence-corrected chi connectivity index (χ4v) is 3.28. The van der Waals surface area contributed by atoms with Crippen LogP contribution in [0.1, 0.15) is 26.1 Å². The first-order valence-corrected chi connectivity index (χ1v) is 8.51. The Morgan fingerprint density at radius 2 is 2.00 bits per heavy atom. The number of aryl methyl sites for hydroxylation is 2. The Hall–Kier alpha value is -2.33. The molecule has 0 atom stereocenters. The Balaban J connectivity index is 1.84. The third-order valence-corrected chi connectivity index (χ3v) is 4.63. The highest BCUT2D eigenvalue weighted by atomic mass is 32.1. The number of anilines is 1. The van der Waals surface area contributed by atoms with Crippen LogP contribution in [0.25, 0.3) is 0 Å². The summed E-state index contributed by atoms with van der Waals surface area (Å²) in [4.78, 5) is 43.4. The van der Waals surface area contributed by atoms with E-state index in [2.05, 4.69) is 20.0 Å². The highest BCUT2D eigenvalue weighted by Gasteiger charge is 2.17. The van der Waals surface area contributed by atoms with Crippen LogP contribution in [0.3, 0.4) is 0 Å². The Labute approximate surface area is 145 Å². The number of thiazole rings is 2. The minimum atomic E-state index is -0.584. The van der Waals surface area contributed by atoms with Crippen molar-refractivity contribution in [1.29, 1.82) is 0 Å². The molecule has 10 heteroatoms. The summed E-state index contributed by atoms with van der Waals surface area (Å²) in [6, 6.07) is 0. The van der Waals surface area contributed by atoms with E-state index in [1.165, 1.54) is 29.8 Å². The lowest BCUT2D eigenvalue weighted by Crippen LogP contribution is -2.20. The van der Waals surface area contributed by atoms with Crippen molar-refractivity contribution in [2.75, 3.05) is 19.0 Å². The van der Waals surface area contributed by atoms with Crippen molar-refractivity contribution in [1.82, 2.24) is 9.97 Å². The average Bonchev–Trinajstić information content (AvgIpc) is 3.10. The van der Waals surface area contributed by atoms with Crippen LogP contribution in [0.4, 0.5) is 5.13 Å². The van der Waals surface area contributed by atoms with Gasteiger partial charge in [-0.25, -0.2) is 14.8 Å². The number of nitrogens with zero attached hydrogens (tertiary/aromatic N) is 2. The summed E-state index contributed by atoms with van der Waals surface area (Å²) in [5.41, 5.74) is 1.07. The zero-order chi connectivity index (χ0) is 17.7. The van der Waals surface area contributed by atoms with Crippen LogP contribution in [0.5, 0.6) is 0 Å². The van der Waals surface area contributed by atoms with Crippen LogP contribution in [0.15, 0.2) is 5.38 Å². The van der Waals surface area contributed by atoms with Gasteiger partial charge in [0.25, 0.3) is 5.91 Å². The molecule has 2 heterocycles. The molecule has 24 heavy (non-hydrogen) atoms.